The molecule has 1 N–H and O–H groups in total. The van der Waals surface area contributed by atoms with Crippen LogP contribution in [0.25, 0.3) is 0 Å². The van der Waals surface area contributed by atoms with Crippen LogP contribution < -0.4 is 19.5 Å². The van der Waals surface area contributed by atoms with Gasteiger partial charge in [-0.15, -0.1) is 0 Å². The molecule has 7 heteroatoms. The third-order valence-corrected chi connectivity index (χ3v) is 5.94. The van der Waals surface area contributed by atoms with Crippen molar-refractivity contribution in [2.45, 2.75) is 26.4 Å². The van der Waals surface area contributed by atoms with Gasteiger partial charge in [-0.3, -0.25) is 14.6 Å². The molecule has 1 amide bonds. The maximum absolute atomic E-state index is 12.6. The number of ether oxygens (including phenoxy) is 3. The number of nitrogens with one attached hydrogen (secondary N) is 1. The number of carbonyl (C=O) groups is 1. The number of rotatable bonds is 7. The van der Waals surface area contributed by atoms with E-state index in [1.165, 1.54) is 11.1 Å². The molecule has 0 aliphatic carbocycles. The molecular weight excluding hydrogens is 394 g/mol. The number of aryl methyl sites for hydroxylation is 1. The molecule has 0 saturated carbocycles. The SMILES string of the molecule is COc1ccc(C)cc1CN1CCN(CC(=O)N[C@H](C)c2ccc3c(c2)OCO3)CC1. The van der Waals surface area contributed by atoms with Crippen molar-refractivity contribution in [2.24, 2.45) is 0 Å². The van der Waals surface area contributed by atoms with Gasteiger partial charge in [-0.1, -0.05) is 23.8 Å². The smallest absolute Gasteiger partial charge is 0.234 e. The first-order chi connectivity index (χ1) is 15.0. The van der Waals surface area contributed by atoms with Crippen LogP contribution in [0.5, 0.6) is 17.2 Å². The molecule has 2 heterocycles. The molecule has 2 aliphatic rings. The van der Waals surface area contributed by atoms with Gasteiger partial charge in [0.25, 0.3) is 0 Å². The predicted octanol–water partition coefficient (Wildman–Crippen LogP) is 2.73. The zero-order chi connectivity index (χ0) is 21.8. The maximum Gasteiger partial charge on any atom is 0.234 e. The Labute approximate surface area is 183 Å². The Balaban J connectivity index is 1.24. The third kappa shape index (κ3) is 5.29. The van der Waals surface area contributed by atoms with Gasteiger partial charge in [0.2, 0.25) is 12.7 Å². The average molecular weight is 426 g/mol. The summed E-state index contributed by atoms with van der Waals surface area (Å²) in [7, 11) is 1.72. The van der Waals surface area contributed by atoms with Gasteiger partial charge in [0.1, 0.15) is 5.75 Å². The molecule has 0 aromatic heterocycles. The third-order valence-electron chi connectivity index (χ3n) is 5.94. The van der Waals surface area contributed by atoms with Crippen molar-refractivity contribution in [1.82, 2.24) is 15.1 Å². The van der Waals surface area contributed by atoms with Gasteiger partial charge >= 0.3 is 0 Å². The predicted molar refractivity (Wildman–Crippen MR) is 119 cm³/mol. The van der Waals surface area contributed by atoms with Gasteiger partial charge < -0.3 is 19.5 Å². The van der Waals surface area contributed by atoms with Gasteiger partial charge in [0.05, 0.1) is 19.7 Å². The molecule has 1 saturated heterocycles. The van der Waals surface area contributed by atoms with E-state index in [1.807, 2.05) is 31.2 Å². The Bertz CT molecular complexity index is 925. The molecule has 2 aromatic rings. The minimum Gasteiger partial charge on any atom is -0.496 e. The molecule has 7 nitrogen and oxygen atoms in total. The molecule has 0 spiro atoms. The largest absolute Gasteiger partial charge is 0.496 e. The van der Waals surface area contributed by atoms with E-state index in [4.69, 9.17) is 14.2 Å². The summed E-state index contributed by atoms with van der Waals surface area (Å²) < 4.78 is 16.3. The average Bonchev–Trinajstić information content (AvgIpc) is 3.23. The first-order valence-electron chi connectivity index (χ1n) is 10.8. The van der Waals surface area contributed by atoms with Crippen molar-refractivity contribution in [1.29, 1.82) is 0 Å². The number of hydrogen-bond acceptors (Lipinski definition) is 6. The highest BCUT2D eigenvalue weighted by molar-refractivity contribution is 5.78. The van der Waals surface area contributed by atoms with Gasteiger partial charge in [-0.25, -0.2) is 0 Å². The van der Waals surface area contributed by atoms with E-state index in [-0.39, 0.29) is 18.7 Å². The van der Waals surface area contributed by atoms with Crippen LogP contribution >= 0.6 is 0 Å². The van der Waals surface area contributed by atoms with E-state index in [2.05, 4.69) is 34.2 Å². The second kappa shape index (κ2) is 9.58. The highest BCUT2D eigenvalue weighted by atomic mass is 16.7. The summed E-state index contributed by atoms with van der Waals surface area (Å²) in [5.41, 5.74) is 3.46. The monoisotopic (exact) mass is 425 g/mol. The van der Waals surface area contributed by atoms with Gasteiger partial charge in [0, 0.05) is 38.3 Å². The molecule has 0 bridgehead atoms. The Morgan fingerprint density at radius 2 is 1.81 bits per heavy atom. The normalized spacial score (nSPS) is 17.4. The van der Waals surface area contributed by atoms with E-state index in [0.29, 0.717) is 6.54 Å². The fraction of sp³-hybridized carbons (Fsp3) is 0.458. The number of nitrogens with zero attached hydrogens (tertiary/aromatic N) is 2. The molecule has 1 fully saturated rings. The molecule has 166 valence electrons. The van der Waals surface area contributed by atoms with Gasteiger partial charge in [0.15, 0.2) is 11.5 Å². The summed E-state index contributed by atoms with van der Waals surface area (Å²) in [6.07, 6.45) is 0. The van der Waals surface area contributed by atoms with Crippen molar-refractivity contribution >= 4 is 5.91 Å². The van der Waals surface area contributed by atoms with Crippen LogP contribution in [0.3, 0.4) is 0 Å². The van der Waals surface area contributed by atoms with Crippen LogP contribution in [0.1, 0.15) is 29.7 Å². The first kappa shape index (κ1) is 21.5. The molecule has 2 aliphatic heterocycles. The van der Waals surface area contributed by atoms with Crippen LogP contribution in [0.4, 0.5) is 0 Å². The first-order valence-corrected chi connectivity index (χ1v) is 10.8. The van der Waals surface area contributed by atoms with E-state index >= 15 is 0 Å². The number of fused-ring (bicyclic) bond motifs is 1. The van der Waals surface area contributed by atoms with Crippen LogP contribution in [-0.2, 0) is 11.3 Å². The van der Waals surface area contributed by atoms with Crippen LogP contribution in [0.2, 0.25) is 0 Å². The number of hydrogen-bond donors (Lipinski definition) is 1. The summed E-state index contributed by atoms with van der Waals surface area (Å²) >= 11 is 0. The number of carbonyl (C=O) groups excluding carboxylic acids is 1. The lowest BCUT2D eigenvalue weighted by molar-refractivity contribution is -0.123. The molecule has 1 atom stereocenters. The Kier molecular flexibility index (Phi) is 6.63. The molecule has 0 radical (unpaired) electrons. The lowest BCUT2D eigenvalue weighted by atomic mass is 10.1. The zero-order valence-corrected chi connectivity index (χ0v) is 18.5. The van der Waals surface area contributed by atoms with E-state index in [9.17, 15) is 4.79 Å². The quantitative estimate of drug-likeness (QED) is 0.736. The van der Waals surface area contributed by atoms with E-state index in [0.717, 1.165) is 55.5 Å². The van der Waals surface area contributed by atoms with Crippen LogP contribution in [-0.4, -0.2) is 62.3 Å². The maximum atomic E-state index is 12.6. The fourth-order valence-corrected chi connectivity index (χ4v) is 4.13. The number of amides is 1. The summed E-state index contributed by atoms with van der Waals surface area (Å²) in [5.74, 6) is 2.47. The zero-order valence-electron chi connectivity index (χ0n) is 18.5. The second-order valence-corrected chi connectivity index (χ2v) is 8.27. The second-order valence-electron chi connectivity index (χ2n) is 8.27. The van der Waals surface area contributed by atoms with Crippen LogP contribution in [0, 0.1) is 6.92 Å². The summed E-state index contributed by atoms with van der Waals surface area (Å²) in [4.78, 5) is 17.2. The Morgan fingerprint density at radius 1 is 1.06 bits per heavy atom. The van der Waals surface area contributed by atoms with Crippen LogP contribution in [0.15, 0.2) is 36.4 Å². The summed E-state index contributed by atoms with van der Waals surface area (Å²) in [5, 5.41) is 3.10. The molecule has 0 unspecified atom stereocenters. The molecule has 31 heavy (non-hydrogen) atoms. The lowest BCUT2D eigenvalue weighted by Crippen LogP contribution is -2.49. The fourth-order valence-electron chi connectivity index (χ4n) is 4.13. The Hall–Kier alpha value is -2.77. The standard InChI is InChI=1S/C24H31N3O4/c1-17-4-6-21(29-3)20(12-17)14-26-8-10-27(11-9-26)15-24(28)25-18(2)19-5-7-22-23(13-19)31-16-30-22/h4-7,12-13,18H,8-11,14-16H2,1-3H3,(H,25,28)/t18-/m1/s1. The molecule has 2 aromatic carbocycles. The summed E-state index contributed by atoms with van der Waals surface area (Å²) in [6.45, 7) is 9.24. The van der Waals surface area contributed by atoms with Gasteiger partial charge in [-0.2, -0.15) is 0 Å². The number of piperazine rings is 1. The van der Waals surface area contributed by atoms with Crippen molar-refractivity contribution in [3.63, 3.8) is 0 Å². The number of benzene rings is 2. The highest BCUT2D eigenvalue weighted by Crippen LogP contribution is 2.34. The minimum absolute atomic E-state index is 0.0407. The van der Waals surface area contributed by atoms with Gasteiger partial charge in [-0.05, 0) is 37.6 Å². The van der Waals surface area contributed by atoms with E-state index < -0.39 is 0 Å². The lowest BCUT2D eigenvalue weighted by Gasteiger charge is -2.34. The molecular formula is C24H31N3O4. The van der Waals surface area contributed by atoms with Crippen molar-refractivity contribution in [3.05, 3.63) is 53.1 Å². The Morgan fingerprint density at radius 3 is 2.58 bits per heavy atom. The van der Waals surface area contributed by atoms with Crippen molar-refractivity contribution in [2.75, 3.05) is 46.6 Å². The summed E-state index contributed by atoms with van der Waals surface area (Å²) in [6, 6.07) is 12.0. The van der Waals surface area contributed by atoms with Crippen molar-refractivity contribution in [3.8, 4) is 17.2 Å². The number of methoxy groups -OCH3 is 1. The molecule has 4 rings (SSSR count). The highest BCUT2D eigenvalue weighted by Gasteiger charge is 2.22. The van der Waals surface area contributed by atoms with Crippen molar-refractivity contribution < 1.29 is 19.0 Å². The van der Waals surface area contributed by atoms with E-state index in [1.54, 1.807) is 7.11 Å². The topological polar surface area (TPSA) is 63.3 Å². The minimum atomic E-state index is -0.0860.